The van der Waals surface area contributed by atoms with E-state index < -0.39 is 0 Å². The molecule has 1 heteroatoms. The quantitative estimate of drug-likeness (QED) is 0.857. The first-order valence-electron chi connectivity index (χ1n) is 8.02. The van der Waals surface area contributed by atoms with Crippen molar-refractivity contribution in [2.24, 2.45) is 5.73 Å². The molecule has 0 aliphatic heterocycles. The zero-order valence-electron chi connectivity index (χ0n) is 13.1. The summed E-state index contributed by atoms with van der Waals surface area (Å²) in [7, 11) is 0. The summed E-state index contributed by atoms with van der Waals surface area (Å²) in [6.07, 6.45) is 4.97. The SMILES string of the molecule is Cc1ccc(C(N)C2(c3ccccc3)CCCC2)c(C)c1. The highest BCUT2D eigenvalue weighted by Crippen LogP contribution is 2.49. The molecule has 1 saturated carbocycles. The molecule has 21 heavy (non-hydrogen) atoms. The van der Waals surface area contributed by atoms with Crippen molar-refractivity contribution in [3.05, 3.63) is 70.8 Å². The smallest absolute Gasteiger partial charge is 0.0395 e. The minimum absolute atomic E-state index is 0.0861. The fraction of sp³-hybridized carbons (Fsp3) is 0.400. The van der Waals surface area contributed by atoms with E-state index in [4.69, 9.17) is 5.73 Å². The van der Waals surface area contributed by atoms with E-state index in [1.807, 2.05) is 0 Å². The molecule has 1 fully saturated rings. The minimum atomic E-state index is 0.0861. The average Bonchev–Trinajstić information content (AvgIpc) is 2.98. The Balaban J connectivity index is 2.05. The van der Waals surface area contributed by atoms with Crippen LogP contribution in [0.25, 0.3) is 0 Å². The summed E-state index contributed by atoms with van der Waals surface area (Å²) in [6.45, 7) is 4.33. The van der Waals surface area contributed by atoms with Gasteiger partial charge in [-0.05, 0) is 43.4 Å². The van der Waals surface area contributed by atoms with Crippen molar-refractivity contribution in [1.29, 1.82) is 0 Å². The number of benzene rings is 2. The maximum Gasteiger partial charge on any atom is 0.0395 e. The minimum Gasteiger partial charge on any atom is -0.323 e. The highest BCUT2D eigenvalue weighted by molar-refractivity contribution is 5.39. The molecule has 0 spiro atoms. The largest absolute Gasteiger partial charge is 0.323 e. The Morgan fingerprint density at radius 3 is 2.24 bits per heavy atom. The van der Waals surface area contributed by atoms with Crippen LogP contribution in [0.1, 0.15) is 54.0 Å². The van der Waals surface area contributed by atoms with E-state index in [9.17, 15) is 0 Å². The van der Waals surface area contributed by atoms with Gasteiger partial charge in [-0.25, -0.2) is 0 Å². The monoisotopic (exact) mass is 279 g/mol. The molecule has 2 aromatic carbocycles. The summed E-state index contributed by atoms with van der Waals surface area (Å²) < 4.78 is 0. The van der Waals surface area contributed by atoms with Crippen LogP contribution >= 0.6 is 0 Å². The average molecular weight is 279 g/mol. The second kappa shape index (κ2) is 5.65. The molecule has 2 aromatic rings. The van der Waals surface area contributed by atoms with E-state index in [0.717, 1.165) is 0 Å². The summed E-state index contributed by atoms with van der Waals surface area (Å²) in [6, 6.07) is 17.7. The Kier molecular flexibility index (Phi) is 3.86. The molecule has 1 aliphatic carbocycles. The number of aryl methyl sites for hydroxylation is 2. The molecule has 1 nitrogen and oxygen atoms in total. The van der Waals surface area contributed by atoms with Crippen molar-refractivity contribution in [3.63, 3.8) is 0 Å². The van der Waals surface area contributed by atoms with Crippen molar-refractivity contribution >= 4 is 0 Å². The van der Waals surface area contributed by atoms with Crippen LogP contribution in [-0.2, 0) is 5.41 Å². The highest BCUT2D eigenvalue weighted by atomic mass is 14.7. The van der Waals surface area contributed by atoms with E-state index in [1.54, 1.807) is 0 Å². The Morgan fingerprint density at radius 1 is 0.952 bits per heavy atom. The van der Waals surface area contributed by atoms with Crippen LogP contribution in [0.5, 0.6) is 0 Å². The summed E-state index contributed by atoms with van der Waals surface area (Å²) >= 11 is 0. The Hall–Kier alpha value is -1.60. The maximum absolute atomic E-state index is 6.82. The third-order valence-corrected chi connectivity index (χ3v) is 5.20. The first kappa shape index (κ1) is 14.3. The van der Waals surface area contributed by atoms with Gasteiger partial charge in [-0.1, -0.05) is 66.9 Å². The lowest BCUT2D eigenvalue weighted by atomic mass is 9.70. The Bertz CT molecular complexity index is 609. The number of nitrogens with two attached hydrogens (primary N) is 1. The molecule has 0 bridgehead atoms. The van der Waals surface area contributed by atoms with Gasteiger partial charge in [0, 0.05) is 11.5 Å². The molecule has 0 heterocycles. The molecular formula is C20H25N. The molecule has 0 amide bonds. The third kappa shape index (κ3) is 2.51. The normalized spacial score (nSPS) is 18.6. The number of hydrogen-bond acceptors (Lipinski definition) is 1. The van der Waals surface area contributed by atoms with Gasteiger partial charge < -0.3 is 5.73 Å². The van der Waals surface area contributed by atoms with Crippen LogP contribution in [0.2, 0.25) is 0 Å². The van der Waals surface area contributed by atoms with Gasteiger partial charge in [0.25, 0.3) is 0 Å². The zero-order valence-corrected chi connectivity index (χ0v) is 13.1. The lowest BCUT2D eigenvalue weighted by Crippen LogP contribution is -2.36. The van der Waals surface area contributed by atoms with E-state index in [1.165, 1.54) is 47.9 Å². The van der Waals surface area contributed by atoms with Gasteiger partial charge in [-0.3, -0.25) is 0 Å². The fourth-order valence-electron chi connectivity index (χ4n) is 4.03. The molecule has 0 aromatic heterocycles. The fourth-order valence-corrected chi connectivity index (χ4v) is 4.03. The highest BCUT2D eigenvalue weighted by Gasteiger charge is 2.41. The van der Waals surface area contributed by atoms with Crippen LogP contribution in [0.4, 0.5) is 0 Å². The molecule has 0 radical (unpaired) electrons. The standard InChI is InChI=1S/C20H25N/c1-15-10-11-18(16(2)14-15)19(21)20(12-6-7-13-20)17-8-4-3-5-9-17/h3-5,8-11,14,19H,6-7,12-13,21H2,1-2H3. The van der Waals surface area contributed by atoms with E-state index in [0.29, 0.717) is 0 Å². The van der Waals surface area contributed by atoms with Gasteiger partial charge in [-0.2, -0.15) is 0 Å². The van der Waals surface area contributed by atoms with Crippen molar-refractivity contribution in [2.45, 2.75) is 51.0 Å². The van der Waals surface area contributed by atoms with Gasteiger partial charge in [-0.15, -0.1) is 0 Å². The molecule has 1 aliphatic rings. The summed E-state index contributed by atoms with van der Waals surface area (Å²) in [5, 5.41) is 0. The van der Waals surface area contributed by atoms with Crippen molar-refractivity contribution in [3.8, 4) is 0 Å². The van der Waals surface area contributed by atoms with E-state index in [2.05, 4.69) is 62.4 Å². The molecule has 110 valence electrons. The maximum atomic E-state index is 6.82. The van der Waals surface area contributed by atoms with E-state index >= 15 is 0 Å². The zero-order chi connectivity index (χ0) is 14.9. The Labute approximate surface area is 128 Å². The van der Waals surface area contributed by atoms with Gasteiger partial charge in [0.2, 0.25) is 0 Å². The molecular weight excluding hydrogens is 254 g/mol. The lowest BCUT2D eigenvalue weighted by molar-refractivity contribution is 0.355. The predicted molar refractivity (Wildman–Crippen MR) is 89.4 cm³/mol. The summed E-state index contributed by atoms with van der Waals surface area (Å²) in [5.41, 5.74) is 12.3. The van der Waals surface area contributed by atoms with Crippen molar-refractivity contribution in [1.82, 2.24) is 0 Å². The summed E-state index contributed by atoms with van der Waals surface area (Å²) in [4.78, 5) is 0. The van der Waals surface area contributed by atoms with Crippen LogP contribution in [0.3, 0.4) is 0 Å². The summed E-state index contributed by atoms with van der Waals surface area (Å²) in [5.74, 6) is 0. The third-order valence-electron chi connectivity index (χ3n) is 5.20. The molecule has 1 atom stereocenters. The van der Waals surface area contributed by atoms with Gasteiger partial charge in [0.05, 0.1) is 0 Å². The second-order valence-corrected chi connectivity index (χ2v) is 6.57. The van der Waals surface area contributed by atoms with Crippen LogP contribution in [0, 0.1) is 13.8 Å². The van der Waals surface area contributed by atoms with Gasteiger partial charge in [0.1, 0.15) is 0 Å². The van der Waals surface area contributed by atoms with Crippen LogP contribution in [-0.4, -0.2) is 0 Å². The lowest BCUT2D eigenvalue weighted by Gasteiger charge is -2.37. The number of hydrogen-bond donors (Lipinski definition) is 1. The molecule has 3 rings (SSSR count). The molecule has 0 saturated heterocycles. The van der Waals surface area contributed by atoms with Crippen LogP contribution in [0.15, 0.2) is 48.5 Å². The van der Waals surface area contributed by atoms with Crippen molar-refractivity contribution in [2.75, 3.05) is 0 Å². The molecule has 1 unspecified atom stereocenters. The van der Waals surface area contributed by atoms with E-state index in [-0.39, 0.29) is 11.5 Å². The van der Waals surface area contributed by atoms with Crippen LogP contribution < -0.4 is 5.73 Å². The molecule has 2 N–H and O–H groups in total. The van der Waals surface area contributed by atoms with Gasteiger partial charge >= 0.3 is 0 Å². The second-order valence-electron chi connectivity index (χ2n) is 6.57. The first-order valence-corrected chi connectivity index (χ1v) is 8.02. The Morgan fingerprint density at radius 2 is 1.62 bits per heavy atom. The van der Waals surface area contributed by atoms with Crippen molar-refractivity contribution < 1.29 is 0 Å². The topological polar surface area (TPSA) is 26.0 Å². The first-order chi connectivity index (χ1) is 10.1. The number of rotatable bonds is 3. The van der Waals surface area contributed by atoms with Gasteiger partial charge in [0.15, 0.2) is 0 Å². The predicted octanol–water partition coefficient (Wildman–Crippen LogP) is 4.82.